The molecule has 0 aromatic rings. The lowest BCUT2D eigenvalue weighted by atomic mass is 9.77. The second-order valence-corrected chi connectivity index (χ2v) is 5.59. The molecule has 18 heavy (non-hydrogen) atoms. The summed E-state index contributed by atoms with van der Waals surface area (Å²) in [5.41, 5.74) is -0.716. The van der Waals surface area contributed by atoms with Crippen LogP contribution in [0.15, 0.2) is 0 Å². The van der Waals surface area contributed by atoms with Crippen LogP contribution in [0.2, 0.25) is 0 Å². The third kappa shape index (κ3) is 2.51. The number of nitrogens with zero attached hydrogens (tertiary/aromatic N) is 1. The molecule has 2 saturated heterocycles. The van der Waals surface area contributed by atoms with Crippen LogP contribution in [0, 0.1) is 11.3 Å². The van der Waals surface area contributed by atoms with Gasteiger partial charge in [0.2, 0.25) is 5.91 Å². The summed E-state index contributed by atoms with van der Waals surface area (Å²) in [5, 5.41) is 12.5. The molecular weight excluding hydrogens is 232 g/mol. The minimum Gasteiger partial charge on any atom is -0.481 e. The Morgan fingerprint density at radius 3 is 2.67 bits per heavy atom. The molecule has 0 saturated carbocycles. The van der Waals surface area contributed by atoms with Crippen LogP contribution in [0.1, 0.15) is 32.6 Å². The van der Waals surface area contributed by atoms with Crippen molar-refractivity contribution in [1.82, 2.24) is 10.2 Å². The van der Waals surface area contributed by atoms with Gasteiger partial charge in [0.05, 0.1) is 5.41 Å². The summed E-state index contributed by atoms with van der Waals surface area (Å²) in [6.07, 6.45) is 2.64. The predicted octanol–water partition coefficient (Wildman–Crippen LogP) is 0.699. The molecule has 0 spiro atoms. The van der Waals surface area contributed by atoms with E-state index in [0.29, 0.717) is 38.3 Å². The number of carboxylic acids is 1. The molecule has 2 N–H and O–H groups in total. The van der Waals surface area contributed by atoms with E-state index in [1.807, 2.05) is 6.92 Å². The Kier molecular flexibility index (Phi) is 3.90. The highest BCUT2D eigenvalue weighted by Gasteiger charge is 2.42. The third-order valence-electron chi connectivity index (χ3n) is 4.39. The van der Waals surface area contributed by atoms with Crippen LogP contribution in [-0.4, -0.2) is 48.1 Å². The molecular formula is C13H22N2O3. The monoisotopic (exact) mass is 254 g/mol. The maximum atomic E-state index is 12.1. The number of hydrogen-bond donors (Lipinski definition) is 2. The third-order valence-corrected chi connectivity index (χ3v) is 4.39. The summed E-state index contributed by atoms with van der Waals surface area (Å²) in [6.45, 7) is 4.83. The van der Waals surface area contributed by atoms with E-state index >= 15 is 0 Å². The van der Waals surface area contributed by atoms with Crippen LogP contribution in [0.25, 0.3) is 0 Å². The molecule has 2 rings (SSSR count). The van der Waals surface area contributed by atoms with Crippen molar-refractivity contribution in [3.8, 4) is 0 Å². The van der Waals surface area contributed by atoms with Crippen molar-refractivity contribution >= 4 is 11.9 Å². The van der Waals surface area contributed by atoms with E-state index in [4.69, 9.17) is 0 Å². The highest BCUT2D eigenvalue weighted by Crippen LogP contribution is 2.34. The fourth-order valence-corrected chi connectivity index (χ4v) is 2.83. The molecule has 0 bridgehead atoms. The molecule has 2 aliphatic heterocycles. The van der Waals surface area contributed by atoms with Crippen molar-refractivity contribution in [2.24, 2.45) is 11.3 Å². The van der Waals surface area contributed by atoms with E-state index < -0.39 is 11.4 Å². The van der Waals surface area contributed by atoms with Gasteiger partial charge in [0.25, 0.3) is 0 Å². The topological polar surface area (TPSA) is 69.6 Å². The highest BCUT2D eigenvalue weighted by molar-refractivity contribution is 5.80. The lowest BCUT2D eigenvalue weighted by molar-refractivity contribution is -0.155. The average Bonchev–Trinajstić information content (AvgIpc) is 2.33. The van der Waals surface area contributed by atoms with Crippen molar-refractivity contribution in [2.75, 3.05) is 26.2 Å². The average molecular weight is 254 g/mol. The Labute approximate surface area is 108 Å². The SMILES string of the molecule is CCC1(C(=O)O)CCCN(C(=O)CC2CNC2)C1. The van der Waals surface area contributed by atoms with Crippen LogP contribution in [0.5, 0.6) is 0 Å². The zero-order chi connectivity index (χ0) is 13.2. The number of hydrogen-bond acceptors (Lipinski definition) is 3. The molecule has 0 radical (unpaired) electrons. The molecule has 0 aromatic carbocycles. The molecule has 5 heteroatoms. The Bertz CT molecular complexity index is 341. The van der Waals surface area contributed by atoms with Crippen molar-refractivity contribution in [2.45, 2.75) is 32.6 Å². The molecule has 1 atom stereocenters. The Hall–Kier alpha value is -1.10. The van der Waals surface area contributed by atoms with E-state index in [2.05, 4.69) is 5.32 Å². The van der Waals surface area contributed by atoms with Gasteiger partial charge in [0.1, 0.15) is 0 Å². The molecule has 2 heterocycles. The van der Waals surface area contributed by atoms with E-state index in [1.165, 1.54) is 0 Å². The minimum absolute atomic E-state index is 0.125. The summed E-state index contributed by atoms with van der Waals surface area (Å²) in [7, 11) is 0. The standard InChI is InChI=1S/C13H22N2O3/c1-2-13(12(17)18)4-3-5-15(9-13)11(16)6-10-7-14-8-10/h10,14H,2-9H2,1H3,(H,17,18). The minimum atomic E-state index is -0.757. The second kappa shape index (κ2) is 5.26. The molecule has 0 aromatic heterocycles. The first-order chi connectivity index (χ1) is 8.57. The van der Waals surface area contributed by atoms with Crippen LogP contribution in [0.3, 0.4) is 0 Å². The van der Waals surface area contributed by atoms with Crippen molar-refractivity contribution in [3.05, 3.63) is 0 Å². The summed E-state index contributed by atoms with van der Waals surface area (Å²) >= 11 is 0. The molecule has 0 aliphatic carbocycles. The van der Waals surface area contributed by atoms with E-state index in [1.54, 1.807) is 4.90 Å². The van der Waals surface area contributed by atoms with Gasteiger partial charge in [-0.05, 0) is 38.3 Å². The van der Waals surface area contributed by atoms with Crippen molar-refractivity contribution < 1.29 is 14.7 Å². The fraction of sp³-hybridized carbons (Fsp3) is 0.846. The maximum Gasteiger partial charge on any atom is 0.311 e. The van der Waals surface area contributed by atoms with Crippen molar-refractivity contribution in [3.63, 3.8) is 0 Å². The van der Waals surface area contributed by atoms with E-state index in [0.717, 1.165) is 19.5 Å². The quantitative estimate of drug-likeness (QED) is 0.775. The lowest BCUT2D eigenvalue weighted by Gasteiger charge is -2.40. The normalized spacial score (nSPS) is 28.8. The summed E-state index contributed by atoms with van der Waals surface area (Å²) < 4.78 is 0. The lowest BCUT2D eigenvalue weighted by Crippen LogP contribution is -2.51. The van der Waals surface area contributed by atoms with Gasteiger partial charge in [-0.25, -0.2) is 0 Å². The van der Waals surface area contributed by atoms with Gasteiger partial charge >= 0.3 is 5.97 Å². The molecule has 2 aliphatic rings. The molecule has 1 unspecified atom stereocenters. The van der Waals surface area contributed by atoms with Gasteiger partial charge in [-0.2, -0.15) is 0 Å². The Balaban J connectivity index is 1.96. The summed E-state index contributed by atoms with van der Waals surface area (Å²) in [5.74, 6) is -0.187. The molecule has 1 amide bonds. The van der Waals surface area contributed by atoms with Gasteiger partial charge in [-0.15, -0.1) is 0 Å². The number of amides is 1. The van der Waals surface area contributed by atoms with Crippen molar-refractivity contribution in [1.29, 1.82) is 0 Å². The first-order valence-electron chi connectivity index (χ1n) is 6.79. The van der Waals surface area contributed by atoms with Crippen LogP contribution in [-0.2, 0) is 9.59 Å². The maximum absolute atomic E-state index is 12.1. The zero-order valence-electron chi connectivity index (χ0n) is 10.9. The number of nitrogens with one attached hydrogen (secondary N) is 1. The predicted molar refractivity (Wildman–Crippen MR) is 67.2 cm³/mol. The van der Waals surface area contributed by atoms with Crippen LogP contribution >= 0.6 is 0 Å². The van der Waals surface area contributed by atoms with Gasteiger partial charge in [-0.3, -0.25) is 9.59 Å². The summed E-state index contributed by atoms with van der Waals surface area (Å²) in [6, 6.07) is 0. The fourth-order valence-electron chi connectivity index (χ4n) is 2.83. The molecule has 2 fully saturated rings. The van der Waals surface area contributed by atoms with Gasteiger partial charge in [0.15, 0.2) is 0 Å². The molecule has 102 valence electrons. The Morgan fingerprint density at radius 1 is 1.44 bits per heavy atom. The largest absolute Gasteiger partial charge is 0.481 e. The number of piperidine rings is 1. The molecule has 5 nitrogen and oxygen atoms in total. The first kappa shape index (κ1) is 13.3. The number of likely N-dealkylation sites (tertiary alicyclic amines) is 1. The van der Waals surface area contributed by atoms with Crippen LogP contribution in [0.4, 0.5) is 0 Å². The van der Waals surface area contributed by atoms with E-state index in [9.17, 15) is 14.7 Å². The number of rotatable bonds is 4. The number of aliphatic carboxylic acids is 1. The zero-order valence-corrected chi connectivity index (χ0v) is 10.9. The smallest absolute Gasteiger partial charge is 0.311 e. The second-order valence-electron chi connectivity index (χ2n) is 5.59. The van der Waals surface area contributed by atoms with E-state index in [-0.39, 0.29) is 5.91 Å². The van der Waals surface area contributed by atoms with Gasteiger partial charge in [0, 0.05) is 19.5 Å². The highest BCUT2D eigenvalue weighted by atomic mass is 16.4. The number of carboxylic acid groups (broad SMARTS) is 1. The number of carbonyl (C=O) groups is 2. The summed E-state index contributed by atoms with van der Waals surface area (Å²) in [4.78, 5) is 25.3. The van der Waals surface area contributed by atoms with Crippen LogP contribution < -0.4 is 5.32 Å². The first-order valence-corrected chi connectivity index (χ1v) is 6.79. The Morgan fingerprint density at radius 2 is 2.17 bits per heavy atom. The van der Waals surface area contributed by atoms with Gasteiger partial charge < -0.3 is 15.3 Å². The number of carbonyl (C=O) groups excluding carboxylic acids is 1. The van der Waals surface area contributed by atoms with Gasteiger partial charge in [-0.1, -0.05) is 6.92 Å².